The Bertz CT molecular complexity index is 1020. The van der Waals surface area contributed by atoms with Crippen LogP contribution >= 0.6 is 0 Å². The van der Waals surface area contributed by atoms with Gasteiger partial charge in [-0.1, -0.05) is 69.5 Å². The Balaban J connectivity index is 0.00000136. The molecule has 0 bridgehead atoms. The summed E-state index contributed by atoms with van der Waals surface area (Å²) in [7, 11) is 1.37. The Kier molecular flexibility index (Phi) is 7.10. The summed E-state index contributed by atoms with van der Waals surface area (Å²) in [5, 5.41) is 0. The highest BCUT2D eigenvalue weighted by Crippen LogP contribution is 2.28. The van der Waals surface area contributed by atoms with Gasteiger partial charge in [-0.25, -0.2) is 9.78 Å². The maximum atomic E-state index is 12.2. The number of benzene rings is 2. The van der Waals surface area contributed by atoms with Crippen molar-refractivity contribution in [1.29, 1.82) is 0 Å². The number of aryl methyl sites for hydroxylation is 1. The van der Waals surface area contributed by atoms with Crippen LogP contribution in [0, 0.1) is 6.92 Å². The van der Waals surface area contributed by atoms with Gasteiger partial charge in [-0.3, -0.25) is 0 Å². The number of hydrogen-bond acceptors (Lipinski definition) is 3. The van der Waals surface area contributed by atoms with Crippen molar-refractivity contribution in [2.45, 2.75) is 20.8 Å². The van der Waals surface area contributed by atoms with E-state index in [2.05, 4.69) is 23.1 Å². The maximum absolute atomic E-state index is 12.2. The number of ether oxygens (including phenoxy) is 1. The van der Waals surface area contributed by atoms with E-state index in [0.29, 0.717) is 11.1 Å². The largest absolute Gasteiger partial charge is 0.465 e. The van der Waals surface area contributed by atoms with E-state index >= 15 is 0 Å². The molecule has 144 valence electrons. The first-order chi connectivity index (χ1) is 13.6. The predicted molar refractivity (Wildman–Crippen MR) is 117 cm³/mol. The zero-order valence-corrected chi connectivity index (χ0v) is 16.9. The first-order valence-electron chi connectivity index (χ1n) is 9.22. The van der Waals surface area contributed by atoms with Gasteiger partial charge in [0.1, 0.15) is 11.3 Å². The van der Waals surface area contributed by atoms with Gasteiger partial charge in [0.2, 0.25) is 0 Å². The van der Waals surface area contributed by atoms with Crippen LogP contribution in [0.5, 0.6) is 0 Å². The van der Waals surface area contributed by atoms with Gasteiger partial charge in [0.15, 0.2) is 0 Å². The zero-order chi connectivity index (χ0) is 20.7. The molecular formula is C24H26N2O2. The predicted octanol–water partition coefficient (Wildman–Crippen LogP) is 6.11. The highest BCUT2D eigenvalue weighted by molar-refractivity contribution is 6.04. The number of esters is 1. The average Bonchev–Trinajstić information content (AvgIpc) is 3.12. The molecule has 28 heavy (non-hydrogen) atoms. The van der Waals surface area contributed by atoms with Crippen molar-refractivity contribution in [2.24, 2.45) is 0 Å². The average molecular weight is 374 g/mol. The van der Waals surface area contributed by atoms with Gasteiger partial charge in [0.25, 0.3) is 0 Å². The fourth-order valence-electron chi connectivity index (χ4n) is 2.94. The fraction of sp³-hybridized carbons (Fsp3) is 0.167. The first kappa shape index (κ1) is 20.9. The number of H-pyrrole nitrogens is 1. The number of allylic oxidation sites excluding steroid dienone is 4. The van der Waals surface area contributed by atoms with Crippen molar-refractivity contribution < 1.29 is 9.53 Å². The smallest absolute Gasteiger partial charge is 0.340 e. The summed E-state index contributed by atoms with van der Waals surface area (Å²) in [5.74, 6) is 0.352. The minimum absolute atomic E-state index is 0.400. The van der Waals surface area contributed by atoms with Gasteiger partial charge in [0, 0.05) is 0 Å². The number of nitrogens with one attached hydrogen (secondary N) is 1. The molecule has 2 aromatic carbocycles. The molecule has 1 aromatic heterocycles. The molecule has 0 atom stereocenters. The van der Waals surface area contributed by atoms with Crippen molar-refractivity contribution >= 4 is 22.6 Å². The number of aromatic nitrogens is 2. The molecule has 0 aliphatic rings. The minimum atomic E-state index is -0.400. The molecule has 0 radical (unpaired) electrons. The van der Waals surface area contributed by atoms with Crippen molar-refractivity contribution in [3.05, 3.63) is 84.7 Å². The maximum Gasteiger partial charge on any atom is 0.340 e. The van der Waals surface area contributed by atoms with Crippen molar-refractivity contribution in [1.82, 2.24) is 9.97 Å². The van der Waals surface area contributed by atoms with E-state index in [0.717, 1.165) is 33.6 Å². The van der Waals surface area contributed by atoms with E-state index in [-0.39, 0.29) is 0 Å². The summed E-state index contributed by atoms with van der Waals surface area (Å²) >= 11 is 0. The molecule has 3 rings (SSSR count). The molecule has 0 saturated carbocycles. The number of imidazole rings is 1. The number of rotatable bonds is 5. The minimum Gasteiger partial charge on any atom is -0.465 e. The highest BCUT2D eigenvalue weighted by atomic mass is 16.5. The van der Waals surface area contributed by atoms with Crippen LogP contribution in [0.3, 0.4) is 0 Å². The molecule has 0 aliphatic carbocycles. The SMILES string of the molecule is C=C/C=C(\C=C)c1ccc(-c2cc(C(=O)OC)c3nc(C)[nH]c3c2)cc1.CC. The lowest BCUT2D eigenvalue weighted by molar-refractivity contribution is 0.0603. The second-order valence-electron chi connectivity index (χ2n) is 5.87. The Hall–Kier alpha value is -3.40. The third-order valence-electron chi connectivity index (χ3n) is 4.18. The van der Waals surface area contributed by atoms with Crippen LogP contribution in [-0.4, -0.2) is 23.0 Å². The monoisotopic (exact) mass is 374 g/mol. The van der Waals surface area contributed by atoms with Crippen molar-refractivity contribution in [3.8, 4) is 11.1 Å². The Morgan fingerprint density at radius 2 is 1.79 bits per heavy atom. The lowest BCUT2D eigenvalue weighted by Crippen LogP contribution is -2.02. The highest BCUT2D eigenvalue weighted by Gasteiger charge is 2.16. The molecule has 0 unspecified atom stereocenters. The van der Waals surface area contributed by atoms with Crippen LogP contribution in [0.2, 0.25) is 0 Å². The molecule has 0 spiro atoms. The van der Waals surface area contributed by atoms with Crippen LogP contribution in [0.25, 0.3) is 27.7 Å². The van der Waals surface area contributed by atoms with Crippen LogP contribution in [0.4, 0.5) is 0 Å². The fourth-order valence-corrected chi connectivity index (χ4v) is 2.94. The number of fused-ring (bicyclic) bond motifs is 1. The standard InChI is InChI=1S/C22H20N2O2.C2H6/c1-5-7-15(6-2)16-8-10-17(11-9-16)18-12-19(22(25)26-4)21-20(13-18)23-14(3)24-21;1-2/h5-13H,1-2H2,3-4H3,(H,23,24);1-2H3/b15-7+;. The van der Waals surface area contributed by atoms with E-state index in [1.807, 2.05) is 63.2 Å². The molecule has 4 heteroatoms. The van der Waals surface area contributed by atoms with Crippen molar-refractivity contribution in [2.75, 3.05) is 7.11 Å². The van der Waals surface area contributed by atoms with Gasteiger partial charge in [-0.05, 0) is 41.3 Å². The number of hydrogen-bond donors (Lipinski definition) is 1. The summed E-state index contributed by atoms with van der Waals surface area (Å²) in [6.07, 6.45) is 5.45. The number of carbonyl (C=O) groups excluding carboxylic acids is 1. The number of methoxy groups -OCH3 is 1. The number of aromatic amines is 1. The molecule has 0 aliphatic heterocycles. The van der Waals surface area contributed by atoms with Gasteiger partial charge in [0.05, 0.1) is 18.2 Å². The van der Waals surface area contributed by atoms with E-state index in [9.17, 15) is 4.79 Å². The molecule has 0 amide bonds. The summed E-state index contributed by atoms with van der Waals surface area (Å²) < 4.78 is 4.92. The molecule has 3 aromatic rings. The number of nitrogens with zero attached hydrogens (tertiary/aromatic N) is 1. The van der Waals surface area contributed by atoms with Crippen LogP contribution in [0.15, 0.2) is 67.8 Å². The molecule has 1 N–H and O–H groups in total. The van der Waals surface area contributed by atoms with Gasteiger partial charge in [-0.15, -0.1) is 0 Å². The second kappa shape index (κ2) is 9.51. The third kappa shape index (κ3) is 4.29. The normalized spacial score (nSPS) is 10.8. The van der Waals surface area contributed by atoms with Gasteiger partial charge < -0.3 is 9.72 Å². The molecule has 0 saturated heterocycles. The van der Waals surface area contributed by atoms with E-state index in [4.69, 9.17) is 4.74 Å². The van der Waals surface area contributed by atoms with E-state index in [1.54, 1.807) is 12.2 Å². The Morgan fingerprint density at radius 3 is 2.36 bits per heavy atom. The summed E-state index contributed by atoms with van der Waals surface area (Å²) in [5.41, 5.74) is 5.85. The summed E-state index contributed by atoms with van der Waals surface area (Å²) in [4.78, 5) is 19.8. The lowest BCUT2D eigenvalue weighted by atomic mass is 9.98. The van der Waals surface area contributed by atoms with E-state index < -0.39 is 5.97 Å². The second-order valence-corrected chi connectivity index (χ2v) is 5.87. The van der Waals surface area contributed by atoms with Crippen LogP contribution in [0.1, 0.15) is 35.6 Å². The third-order valence-corrected chi connectivity index (χ3v) is 4.18. The molecular weight excluding hydrogens is 348 g/mol. The quantitative estimate of drug-likeness (QED) is 0.433. The molecule has 1 heterocycles. The number of carbonyl (C=O) groups is 1. The summed E-state index contributed by atoms with van der Waals surface area (Å²) in [6, 6.07) is 11.9. The van der Waals surface area contributed by atoms with E-state index in [1.165, 1.54) is 7.11 Å². The lowest BCUT2D eigenvalue weighted by Gasteiger charge is -2.08. The molecule has 0 fully saturated rings. The topological polar surface area (TPSA) is 55.0 Å². The van der Waals surface area contributed by atoms with Gasteiger partial charge >= 0.3 is 5.97 Å². The first-order valence-corrected chi connectivity index (χ1v) is 9.22. The molecule has 4 nitrogen and oxygen atoms in total. The Labute approximate surface area is 166 Å². The van der Waals surface area contributed by atoms with Gasteiger partial charge in [-0.2, -0.15) is 0 Å². The van der Waals surface area contributed by atoms with Crippen molar-refractivity contribution in [3.63, 3.8) is 0 Å². The Morgan fingerprint density at radius 1 is 1.11 bits per heavy atom. The van der Waals surface area contributed by atoms with Crippen LogP contribution in [-0.2, 0) is 4.74 Å². The van der Waals surface area contributed by atoms with Crippen LogP contribution < -0.4 is 0 Å². The summed E-state index contributed by atoms with van der Waals surface area (Å²) in [6.45, 7) is 13.4. The zero-order valence-electron chi connectivity index (χ0n) is 16.9.